The Bertz CT molecular complexity index is 552. The summed E-state index contributed by atoms with van der Waals surface area (Å²) in [7, 11) is -2.22. The molecule has 0 spiro atoms. The van der Waals surface area contributed by atoms with Crippen LogP contribution >= 0.6 is 0 Å². The number of aliphatic hydroxyl groups excluding tert-OH is 1. The molecule has 0 aliphatic heterocycles. The third-order valence-electron chi connectivity index (χ3n) is 3.10. The first-order valence-corrected chi connectivity index (χ1v) is 7.79. The van der Waals surface area contributed by atoms with E-state index in [9.17, 15) is 8.42 Å². The number of nitrogen functional groups attached to an aromatic ring is 1. The van der Waals surface area contributed by atoms with Gasteiger partial charge in [0.05, 0.1) is 11.5 Å². The minimum atomic E-state index is -3.70. The molecule has 0 aromatic heterocycles. The molecular formula is C13H22N2O4S. The highest BCUT2D eigenvalue weighted by atomic mass is 32.2. The Morgan fingerprint density at radius 3 is 2.60 bits per heavy atom. The molecule has 6 nitrogen and oxygen atoms in total. The van der Waals surface area contributed by atoms with Gasteiger partial charge in [-0.05, 0) is 43.5 Å². The molecule has 4 N–H and O–H groups in total. The average Bonchev–Trinajstić information content (AvgIpc) is 2.33. The molecule has 0 bridgehead atoms. The van der Waals surface area contributed by atoms with Crippen LogP contribution in [0.1, 0.15) is 17.5 Å². The van der Waals surface area contributed by atoms with Gasteiger partial charge in [0.2, 0.25) is 10.0 Å². The van der Waals surface area contributed by atoms with Gasteiger partial charge >= 0.3 is 0 Å². The number of ether oxygens (including phenoxy) is 1. The van der Waals surface area contributed by atoms with E-state index in [0.717, 1.165) is 5.56 Å². The Kier molecular flexibility index (Phi) is 5.94. The number of sulfonamides is 1. The molecule has 1 rings (SSSR count). The fraction of sp³-hybridized carbons (Fsp3) is 0.538. The SMILES string of the molecule is COCC(CCO)NS(=O)(=O)c1cc(N)cc(C)c1C. The maximum absolute atomic E-state index is 12.4. The second-order valence-corrected chi connectivity index (χ2v) is 6.43. The Morgan fingerprint density at radius 1 is 1.40 bits per heavy atom. The van der Waals surface area contributed by atoms with E-state index in [4.69, 9.17) is 15.6 Å². The molecule has 0 amide bonds. The van der Waals surface area contributed by atoms with E-state index < -0.39 is 16.1 Å². The summed E-state index contributed by atoms with van der Waals surface area (Å²) in [5.41, 5.74) is 7.59. The Labute approximate surface area is 120 Å². The fourth-order valence-electron chi connectivity index (χ4n) is 1.95. The van der Waals surface area contributed by atoms with E-state index >= 15 is 0 Å². The Hall–Kier alpha value is -1.15. The van der Waals surface area contributed by atoms with Gasteiger partial charge in [-0.2, -0.15) is 0 Å². The lowest BCUT2D eigenvalue weighted by atomic mass is 10.1. The second kappa shape index (κ2) is 7.03. The van der Waals surface area contributed by atoms with Gasteiger partial charge in [0.1, 0.15) is 0 Å². The van der Waals surface area contributed by atoms with Crippen LogP contribution in [0.2, 0.25) is 0 Å². The van der Waals surface area contributed by atoms with Gasteiger partial charge < -0.3 is 15.6 Å². The van der Waals surface area contributed by atoms with Crippen molar-refractivity contribution in [2.75, 3.05) is 26.1 Å². The average molecular weight is 302 g/mol. The van der Waals surface area contributed by atoms with Crippen molar-refractivity contribution in [1.82, 2.24) is 4.72 Å². The lowest BCUT2D eigenvalue weighted by molar-refractivity contribution is 0.158. The molecule has 114 valence electrons. The van der Waals surface area contributed by atoms with Crippen molar-refractivity contribution < 1.29 is 18.3 Å². The zero-order valence-corrected chi connectivity index (χ0v) is 12.8. The molecule has 0 fully saturated rings. The summed E-state index contributed by atoms with van der Waals surface area (Å²) >= 11 is 0. The first-order chi connectivity index (χ1) is 9.31. The summed E-state index contributed by atoms with van der Waals surface area (Å²) in [6.07, 6.45) is 0.285. The molecule has 1 aromatic carbocycles. The zero-order valence-electron chi connectivity index (χ0n) is 12.0. The molecular weight excluding hydrogens is 280 g/mol. The molecule has 1 atom stereocenters. The van der Waals surface area contributed by atoms with E-state index in [1.54, 1.807) is 13.0 Å². The largest absolute Gasteiger partial charge is 0.399 e. The number of benzene rings is 1. The third kappa shape index (κ3) is 4.17. The quantitative estimate of drug-likeness (QED) is 0.639. The first-order valence-electron chi connectivity index (χ1n) is 6.30. The summed E-state index contributed by atoms with van der Waals surface area (Å²) in [6, 6.07) is 2.69. The molecule has 7 heteroatoms. The highest BCUT2D eigenvalue weighted by molar-refractivity contribution is 7.89. The molecule has 0 radical (unpaired) electrons. The fourth-order valence-corrected chi connectivity index (χ4v) is 3.56. The molecule has 0 aliphatic rings. The van der Waals surface area contributed by atoms with Crippen LogP contribution in [0.5, 0.6) is 0 Å². The number of anilines is 1. The minimum absolute atomic E-state index is 0.120. The van der Waals surface area contributed by atoms with Crippen molar-refractivity contribution in [3.05, 3.63) is 23.3 Å². The van der Waals surface area contributed by atoms with E-state index in [1.165, 1.54) is 13.2 Å². The zero-order chi connectivity index (χ0) is 15.3. The molecule has 20 heavy (non-hydrogen) atoms. The molecule has 0 saturated heterocycles. The van der Waals surface area contributed by atoms with E-state index in [-0.39, 0.29) is 24.5 Å². The Morgan fingerprint density at radius 2 is 2.05 bits per heavy atom. The van der Waals surface area contributed by atoms with Crippen molar-refractivity contribution in [3.63, 3.8) is 0 Å². The van der Waals surface area contributed by atoms with Gasteiger partial charge in [0.15, 0.2) is 0 Å². The normalized spacial score (nSPS) is 13.4. The van der Waals surface area contributed by atoms with Crippen molar-refractivity contribution in [1.29, 1.82) is 0 Å². The smallest absolute Gasteiger partial charge is 0.241 e. The predicted molar refractivity (Wildman–Crippen MR) is 78.0 cm³/mol. The summed E-state index contributed by atoms with van der Waals surface area (Å²) in [5, 5.41) is 8.96. The van der Waals surface area contributed by atoms with Crippen molar-refractivity contribution in [2.24, 2.45) is 0 Å². The number of hydrogen-bond donors (Lipinski definition) is 3. The first kappa shape index (κ1) is 16.9. The predicted octanol–water partition coefficient (Wildman–Crippen LogP) is 0.561. The van der Waals surface area contributed by atoms with Gasteiger partial charge in [-0.15, -0.1) is 0 Å². The van der Waals surface area contributed by atoms with Crippen LogP contribution < -0.4 is 10.5 Å². The monoisotopic (exact) mass is 302 g/mol. The number of rotatable bonds is 7. The highest BCUT2D eigenvalue weighted by Gasteiger charge is 2.22. The lowest BCUT2D eigenvalue weighted by Gasteiger charge is -2.18. The van der Waals surface area contributed by atoms with E-state index in [1.807, 2.05) is 6.92 Å². The minimum Gasteiger partial charge on any atom is -0.399 e. The summed E-state index contributed by atoms with van der Waals surface area (Å²) in [4.78, 5) is 0.161. The highest BCUT2D eigenvalue weighted by Crippen LogP contribution is 2.22. The molecule has 1 aromatic rings. The summed E-state index contributed by atoms with van der Waals surface area (Å²) < 4.78 is 32.3. The van der Waals surface area contributed by atoms with Crippen molar-refractivity contribution in [2.45, 2.75) is 31.2 Å². The van der Waals surface area contributed by atoms with Crippen LogP contribution in [0.25, 0.3) is 0 Å². The molecule has 0 aliphatic carbocycles. The van der Waals surface area contributed by atoms with Crippen molar-refractivity contribution >= 4 is 15.7 Å². The van der Waals surface area contributed by atoms with Crippen LogP contribution in [0.15, 0.2) is 17.0 Å². The van der Waals surface area contributed by atoms with Crippen LogP contribution in [-0.4, -0.2) is 39.9 Å². The van der Waals surface area contributed by atoms with Crippen LogP contribution in [0.3, 0.4) is 0 Å². The van der Waals surface area contributed by atoms with Crippen LogP contribution in [0, 0.1) is 13.8 Å². The van der Waals surface area contributed by atoms with Gasteiger partial charge in [-0.1, -0.05) is 0 Å². The number of methoxy groups -OCH3 is 1. The summed E-state index contributed by atoms with van der Waals surface area (Å²) in [6.45, 7) is 3.62. The number of nitrogens with one attached hydrogen (secondary N) is 1. The van der Waals surface area contributed by atoms with Gasteiger partial charge in [-0.3, -0.25) is 0 Å². The third-order valence-corrected chi connectivity index (χ3v) is 4.75. The Balaban J connectivity index is 3.10. The van der Waals surface area contributed by atoms with Gasteiger partial charge in [0.25, 0.3) is 0 Å². The number of aryl methyl sites for hydroxylation is 1. The van der Waals surface area contributed by atoms with Gasteiger partial charge in [-0.25, -0.2) is 13.1 Å². The topological polar surface area (TPSA) is 102 Å². The van der Waals surface area contributed by atoms with E-state index in [2.05, 4.69) is 4.72 Å². The van der Waals surface area contributed by atoms with Crippen LogP contribution in [-0.2, 0) is 14.8 Å². The van der Waals surface area contributed by atoms with Crippen molar-refractivity contribution in [3.8, 4) is 0 Å². The molecule has 1 unspecified atom stereocenters. The second-order valence-electron chi connectivity index (χ2n) is 4.75. The van der Waals surface area contributed by atoms with Gasteiger partial charge in [0, 0.05) is 25.4 Å². The maximum Gasteiger partial charge on any atom is 0.241 e. The number of aliphatic hydroxyl groups is 1. The lowest BCUT2D eigenvalue weighted by Crippen LogP contribution is -2.39. The maximum atomic E-state index is 12.4. The number of hydrogen-bond acceptors (Lipinski definition) is 5. The van der Waals surface area contributed by atoms with Crippen LogP contribution in [0.4, 0.5) is 5.69 Å². The standard InChI is InChI=1S/C13H22N2O4S/c1-9-6-11(14)7-13(10(9)2)20(17,18)15-12(4-5-16)8-19-3/h6-7,12,15-16H,4-5,8,14H2,1-3H3. The summed E-state index contributed by atoms with van der Waals surface area (Å²) in [5.74, 6) is 0. The molecule has 0 saturated carbocycles. The molecule has 0 heterocycles. The van der Waals surface area contributed by atoms with E-state index in [0.29, 0.717) is 11.3 Å². The number of nitrogens with two attached hydrogens (primary N) is 1.